The average molecular weight is 1370 g/mol. The first-order chi connectivity index (χ1) is 42.2. The Morgan fingerprint density at radius 2 is 1.29 bits per heavy atom. The van der Waals surface area contributed by atoms with Gasteiger partial charge >= 0.3 is 0 Å². The van der Waals surface area contributed by atoms with E-state index in [2.05, 4.69) is 173 Å². The van der Waals surface area contributed by atoms with Crippen LogP contribution in [0, 0.1) is 47.3 Å². The van der Waals surface area contributed by atoms with E-state index in [9.17, 15) is 10.1 Å². The molecule has 6 aromatic rings. The Kier molecular flexibility index (Phi) is 21.4. The molecule has 0 unspecified atom stereocenters. The number of rotatable bonds is 7. The van der Waals surface area contributed by atoms with E-state index >= 15 is 0 Å². The summed E-state index contributed by atoms with van der Waals surface area (Å²) >= 11 is 0. The zero-order chi connectivity index (χ0) is 64.6. The second-order valence-electron chi connectivity index (χ2n) is 25.9. The number of carbonyl (C=O) groups excluding carboxylic acids is 1. The van der Waals surface area contributed by atoms with Gasteiger partial charge in [0.1, 0.15) is 23.0 Å². The van der Waals surface area contributed by atoms with Crippen LogP contribution in [0.15, 0.2) is 203 Å². The first kappa shape index (κ1) is 67.9. The predicted octanol–water partition coefficient (Wildman–Crippen LogP) is 18.7. The fraction of sp³-hybridized carbons (Fsp3) is 0.282. The molecule has 0 saturated carbocycles. The van der Waals surface area contributed by atoms with Crippen molar-refractivity contribution in [2.24, 2.45) is 5.41 Å². The monoisotopic (exact) mass is 1370 g/mol. The first-order valence-corrected chi connectivity index (χ1v) is 29.9. The third-order valence-corrected chi connectivity index (χ3v) is 16.5. The number of ether oxygens (including phenoxy) is 2. The van der Waals surface area contributed by atoms with Gasteiger partial charge in [-0.3, -0.25) is 4.79 Å². The maximum Gasteiger partial charge on any atom is 0.269 e. The molecule has 0 bridgehead atoms. The van der Waals surface area contributed by atoms with Crippen molar-refractivity contribution in [2.75, 3.05) is 37.0 Å². The number of carbonyl (C=O) groups is 1. The van der Waals surface area contributed by atoms with Crippen LogP contribution in [0.5, 0.6) is 0 Å². The molecule has 11 rings (SSSR count). The van der Waals surface area contributed by atoms with Gasteiger partial charge in [0.15, 0.2) is 5.78 Å². The number of allylic oxidation sites excluding steroid dienone is 14. The second-order valence-corrected chi connectivity index (χ2v) is 25.9. The summed E-state index contributed by atoms with van der Waals surface area (Å²) in [5, 5.41) is 29.2. The summed E-state index contributed by atoms with van der Waals surface area (Å²) in [4.78, 5) is 26.0. The van der Waals surface area contributed by atoms with E-state index in [1.54, 1.807) is 25.2 Å². The van der Waals surface area contributed by atoms with E-state index in [-0.39, 0.29) is 64.7 Å². The summed E-state index contributed by atoms with van der Waals surface area (Å²) in [6.45, 7) is 41.5. The van der Waals surface area contributed by atoms with Gasteiger partial charge in [-0.05, 0) is 172 Å². The zero-order valence-corrected chi connectivity index (χ0v) is 56.4. The molecule has 1 radical (unpaired) electrons. The number of pyridine rings is 1. The van der Waals surface area contributed by atoms with Gasteiger partial charge in [-0.25, -0.2) is 20.2 Å². The van der Waals surface area contributed by atoms with E-state index in [0.717, 1.165) is 59.8 Å². The standard InChI is InChI=1S/C30H35N3O.C24H18N.C19H17N3O.C5H8O2.Ir/c1-28(2,3)26-18-21(25(19-31)32-8)17-22(34-26)10-9-20-15-23-27-24(16-20)30(6,7)12-14-33(27)13-11-29(23,4)5;1-24(2)21-10-6-5-9-19(21)20-12-11-17(15-22(20)24)23-18-8-4-3-7-16(18)13-14-25-23;1-14-11-16(19(13-20)21-2)12-18(23-14)10-7-15-5-8-17(9-6-15)22(3)4;1-4(6)3-5(2)7;/h9-10,15-18H,11-14H2,1-7H3;3-10,12-15H,1-2H3;5-12H,1,3-4H3;3,6H,1-2H3;/q;-1;;;/b10-9+,25-21-;;10-7+,19-16+;;. The van der Waals surface area contributed by atoms with Crippen molar-refractivity contribution in [1.82, 2.24) is 4.98 Å². The predicted molar refractivity (Wildman–Crippen MR) is 362 cm³/mol. The fourth-order valence-corrected chi connectivity index (χ4v) is 11.5. The van der Waals surface area contributed by atoms with Gasteiger partial charge in [0, 0.05) is 76.4 Å². The number of hydrogen-bond donors (Lipinski definition) is 1. The number of anilines is 2. The quantitative estimate of drug-likeness (QED) is 0.0718. The Morgan fingerprint density at radius 1 is 0.722 bits per heavy atom. The maximum atomic E-state index is 10.0. The molecule has 1 aliphatic carbocycles. The summed E-state index contributed by atoms with van der Waals surface area (Å²) in [5.74, 6) is 2.59. The van der Waals surface area contributed by atoms with E-state index in [4.69, 9.17) is 33.0 Å². The van der Waals surface area contributed by atoms with Crippen LogP contribution < -0.4 is 9.80 Å². The molecule has 0 amide bonds. The molecule has 11 nitrogen and oxygen atoms in total. The van der Waals surface area contributed by atoms with Crippen LogP contribution in [0.1, 0.15) is 129 Å². The van der Waals surface area contributed by atoms with Gasteiger partial charge in [-0.15, -0.1) is 29.3 Å². The second kappa shape index (κ2) is 28.3. The third kappa shape index (κ3) is 15.6. The van der Waals surface area contributed by atoms with E-state index in [0.29, 0.717) is 28.4 Å². The van der Waals surface area contributed by atoms with Gasteiger partial charge in [0.25, 0.3) is 11.4 Å². The van der Waals surface area contributed by atoms with Crippen molar-refractivity contribution < 1.29 is 39.5 Å². The molecule has 0 fully saturated rings. The van der Waals surface area contributed by atoms with Crippen molar-refractivity contribution in [3.63, 3.8) is 0 Å². The zero-order valence-electron chi connectivity index (χ0n) is 54.1. The topological polar surface area (TPSA) is 131 Å². The molecule has 1 aromatic heterocycles. The SMILES string of the molecule is CC(=O)C=C(C)O.CC1(C)c2ccccc2-c2c[c-]c(-c3nccc4ccccc34)cc21.[C-]#[N+]/C(C#N)=C1C=C(/C=C/c2cc3c4c(c2)C(C)(C)CCN4CCC3(C)C)OC(C(C)(C)C)=C/1.[C-]#[N+]/C(C#N)=C1\C=C(C)OC(/C=C/c2ccc(N(C)C)cc2)=C1.[Ir]. The number of aliphatic hydroxyl groups is 1. The Morgan fingerprint density at radius 3 is 1.84 bits per heavy atom. The van der Waals surface area contributed by atoms with Crippen LogP contribution in [0.25, 0.3) is 55.0 Å². The summed E-state index contributed by atoms with van der Waals surface area (Å²) in [7, 11) is 4.00. The molecule has 4 aliphatic heterocycles. The van der Waals surface area contributed by atoms with Crippen LogP contribution in [0.4, 0.5) is 11.4 Å². The molecule has 0 saturated heterocycles. The van der Waals surface area contributed by atoms with Gasteiger partial charge in [-0.2, -0.15) is 0 Å². The van der Waals surface area contributed by atoms with Gasteiger partial charge in [0.2, 0.25) is 0 Å². The Hall–Kier alpha value is -9.55. The molecule has 5 heterocycles. The molecule has 1 N–H and O–H groups in total. The smallest absolute Gasteiger partial charge is 0.269 e. The maximum absolute atomic E-state index is 10.0. The Balaban J connectivity index is 0.000000184. The van der Waals surface area contributed by atoms with E-state index < -0.39 is 0 Å². The number of ketones is 1. The minimum absolute atomic E-state index is 0. The first-order valence-electron chi connectivity index (χ1n) is 29.9. The normalized spacial score (nSPS) is 17.3. The van der Waals surface area contributed by atoms with E-state index in [1.165, 1.54) is 69.8 Å². The molecule has 12 heteroatoms. The van der Waals surface area contributed by atoms with E-state index in [1.807, 2.05) is 85.9 Å². The summed E-state index contributed by atoms with van der Waals surface area (Å²) < 4.78 is 11.8. The molecular formula is C78H78IrN7O4-. The van der Waals surface area contributed by atoms with Crippen molar-refractivity contribution in [3.8, 4) is 34.5 Å². The average Bonchev–Trinajstić information content (AvgIpc) is 1.26. The van der Waals surface area contributed by atoms with Crippen molar-refractivity contribution >= 4 is 40.1 Å². The van der Waals surface area contributed by atoms with Crippen LogP contribution in [-0.4, -0.2) is 43.1 Å². The largest absolute Gasteiger partial charge is 0.512 e. The molecule has 5 aromatic carbocycles. The van der Waals surface area contributed by atoms with Gasteiger partial charge in [-0.1, -0.05) is 146 Å². The third-order valence-electron chi connectivity index (χ3n) is 16.5. The van der Waals surface area contributed by atoms with Gasteiger partial charge < -0.3 is 29.4 Å². The molecule has 90 heavy (non-hydrogen) atoms. The van der Waals surface area contributed by atoms with Crippen molar-refractivity contribution in [1.29, 1.82) is 10.5 Å². The minimum atomic E-state index is -0.241. The van der Waals surface area contributed by atoms with Crippen LogP contribution >= 0.6 is 0 Å². The summed E-state index contributed by atoms with van der Waals surface area (Å²) in [6.07, 6.45) is 20.2. The van der Waals surface area contributed by atoms with Crippen molar-refractivity contribution in [3.05, 3.63) is 265 Å². The summed E-state index contributed by atoms with van der Waals surface area (Å²) in [6, 6.07) is 43.8. The Labute approximate surface area is 546 Å². The van der Waals surface area contributed by atoms with Crippen LogP contribution in [0.2, 0.25) is 0 Å². The molecule has 0 spiro atoms. The fourth-order valence-electron chi connectivity index (χ4n) is 11.5. The molecular weight excluding hydrogens is 1290 g/mol. The number of hydrogen-bond acceptors (Lipinski definition) is 9. The molecule has 459 valence electrons. The number of aromatic nitrogens is 1. The number of benzene rings is 5. The van der Waals surface area contributed by atoms with Crippen molar-refractivity contribution in [2.45, 2.75) is 112 Å². The summed E-state index contributed by atoms with van der Waals surface area (Å²) in [5.41, 5.74) is 16.4. The number of nitriles is 2. The molecule has 5 aliphatic rings. The van der Waals surface area contributed by atoms with Gasteiger partial charge in [0.05, 0.1) is 31.0 Å². The van der Waals surface area contributed by atoms with Crippen LogP contribution in [0.3, 0.4) is 0 Å². The molecule has 0 atom stereocenters. The van der Waals surface area contributed by atoms with Crippen LogP contribution in [-0.2, 0) is 50.6 Å². The number of nitrogens with zero attached hydrogens (tertiary/aromatic N) is 7. The number of aliphatic hydroxyl groups excluding tert-OH is 1. The number of fused-ring (bicyclic) bond motifs is 4. The Bertz CT molecular complexity index is 4160. The minimum Gasteiger partial charge on any atom is -0.512 e.